The van der Waals surface area contributed by atoms with Gasteiger partial charge in [-0.25, -0.2) is 4.79 Å². The van der Waals surface area contributed by atoms with Gasteiger partial charge < -0.3 is 20.1 Å². The maximum atomic E-state index is 14.2. The predicted octanol–water partition coefficient (Wildman–Crippen LogP) is 4.30. The minimum Gasteiger partial charge on any atom is -0.462 e. The molecule has 0 aliphatic carbocycles. The van der Waals surface area contributed by atoms with Crippen LogP contribution in [0.3, 0.4) is 0 Å². The van der Waals surface area contributed by atoms with Gasteiger partial charge >= 0.3 is 23.9 Å². The number of anilines is 2. The van der Waals surface area contributed by atoms with Crippen molar-refractivity contribution >= 4 is 39.8 Å². The first kappa shape index (κ1) is 24.3. The number of thiophene rings is 1. The largest absolute Gasteiger partial charge is 0.462 e. The molecule has 1 atom stereocenters. The van der Waals surface area contributed by atoms with E-state index in [2.05, 4.69) is 10.1 Å². The van der Waals surface area contributed by atoms with Gasteiger partial charge in [0.2, 0.25) is 0 Å². The third-order valence-electron chi connectivity index (χ3n) is 4.03. The fraction of sp³-hybridized carbons (Fsp3) is 0.316. The van der Waals surface area contributed by atoms with Gasteiger partial charge in [-0.2, -0.15) is 17.6 Å². The summed E-state index contributed by atoms with van der Waals surface area (Å²) in [6, 6.07) is 8.23. The zero-order chi connectivity index (χ0) is 23.4. The zero-order valence-corrected chi connectivity index (χ0v) is 17.4. The Balaban J connectivity index is 2.46. The minimum absolute atomic E-state index is 0.0427. The molecule has 1 heterocycles. The molecule has 31 heavy (non-hydrogen) atoms. The van der Waals surface area contributed by atoms with Gasteiger partial charge in [0.1, 0.15) is 5.00 Å². The van der Waals surface area contributed by atoms with Gasteiger partial charge in [0.05, 0.1) is 17.0 Å². The molecule has 1 aromatic carbocycles. The molecule has 168 valence electrons. The molecule has 0 saturated carbocycles. The van der Waals surface area contributed by atoms with Crippen LogP contribution in [0.1, 0.15) is 32.5 Å². The summed E-state index contributed by atoms with van der Waals surface area (Å²) < 4.78 is 61.7. The number of para-hydroxylation sites is 1. The molecule has 0 fully saturated rings. The van der Waals surface area contributed by atoms with Crippen molar-refractivity contribution in [2.45, 2.75) is 25.9 Å². The normalized spacial score (nSPS) is 13.3. The molecule has 2 N–H and O–H groups in total. The lowest BCUT2D eigenvalue weighted by molar-refractivity contribution is -0.305. The maximum Gasteiger partial charge on any atom is 0.458 e. The lowest BCUT2D eigenvalue weighted by atomic mass is 10.1. The summed E-state index contributed by atoms with van der Waals surface area (Å²) in [6.45, 7) is 2.75. The van der Waals surface area contributed by atoms with Crippen molar-refractivity contribution in [3.05, 3.63) is 46.3 Å². The molecule has 0 aliphatic rings. The Morgan fingerprint density at radius 3 is 2.19 bits per heavy atom. The Morgan fingerprint density at radius 2 is 1.68 bits per heavy atom. The van der Waals surface area contributed by atoms with Crippen LogP contribution < -0.4 is 10.6 Å². The fourth-order valence-corrected chi connectivity index (χ4v) is 3.58. The lowest BCUT2D eigenvalue weighted by Gasteiger charge is -2.24. The molecule has 0 radical (unpaired) electrons. The molecular weight excluding hydrogens is 444 g/mol. The summed E-state index contributed by atoms with van der Waals surface area (Å²) >= 11 is 0.499. The standard InChI is InChI=1S/C19H18F4N2O5S/c1-4-30-16(27)12-10(2)13(14(26)24-11-8-6-5-7-9-11)31-15(12)25-17(28)18(20,29-3)19(21,22)23/h5-9H,4H2,1-3H3,(H,24,26)(H,25,28)/t18-/m0/s1. The Labute approximate surface area is 178 Å². The van der Waals surface area contributed by atoms with Crippen LogP contribution in [-0.2, 0) is 14.3 Å². The van der Waals surface area contributed by atoms with Crippen LogP contribution >= 0.6 is 11.3 Å². The highest BCUT2D eigenvalue weighted by atomic mass is 32.1. The highest BCUT2D eigenvalue weighted by Crippen LogP contribution is 2.39. The van der Waals surface area contributed by atoms with E-state index in [0.29, 0.717) is 24.1 Å². The Bertz CT molecular complexity index is 978. The van der Waals surface area contributed by atoms with E-state index in [1.807, 2.05) is 0 Å². The van der Waals surface area contributed by atoms with E-state index in [4.69, 9.17) is 4.74 Å². The third kappa shape index (κ3) is 5.02. The third-order valence-corrected chi connectivity index (χ3v) is 5.24. The predicted molar refractivity (Wildman–Crippen MR) is 105 cm³/mol. The summed E-state index contributed by atoms with van der Waals surface area (Å²) in [5.41, 5.74) is 0.0999. The molecule has 0 saturated heterocycles. The number of carbonyl (C=O) groups excluding carboxylic acids is 3. The minimum atomic E-state index is -5.68. The van der Waals surface area contributed by atoms with Crippen molar-refractivity contribution in [3.8, 4) is 0 Å². The van der Waals surface area contributed by atoms with E-state index >= 15 is 0 Å². The van der Waals surface area contributed by atoms with Gasteiger partial charge in [-0.3, -0.25) is 9.59 Å². The molecular formula is C19H18F4N2O5S. The first-order chi connectivity index (χ1) is 14.5. The average Bonchev–Trinajstić information content (AvgIpc) is 3.03. The molecule has 2 rings (SSSR count). The molecule has 2 amide bonds. The van der Waals surface area contributed by atoms with Gasteiger partial charge in [-0.05, 0) is 31.5 Å². The van der Waals surface area contributed by atoms with Crippen LogP contribution in [0.4, 0.5) is 28.3 Å². The number of rotatable bonds is 7. The number of hydrogen-bond donors (Lipinski definition) is 2. The van der Waals surface area contributed by atoms with E-state index < -0.39 is 34.8 Å². The van der Waals surface area contributed by atoms with Crippen molar-refractivity contribution in [3.63, 3.8) is 0 Å². The van der Waals surface area contributed by atoms with Gasteiger partial charge in [-0.15, -0.1) is 11.3 Å². The monoisotopic (exact) mass is 462 g/mol. The molecule has 2 aromatic rings. The van der Waals surface area contributed by atoms with E-state index in [1.54, 1.807) is 35.6 Å². The Hall–Kier alpha value is -2.99. The molecule has 0 aliphatic heterocycles. The van der Waals surface area contributed by atoms with Crippen LogP contribution in [0.25, 0.3) is 0 Å². The molecule has 0 bridgehead atoms. The quantitative estimate of drug-likeness (QED) is 0.473. The van der Waals surface area contributed by atoms with Gasteiger partial charge in [-0.1, -0.05) is 18.2 Å². The maximum absolute atomic E-state index is 14.2. The van der Waals surface area contributed by atoms with Crippen LogP contribution in [0, 0.1) is 6.92 Å². The number of amides is 2. The number of ether oxygens (including phenoxy) is 2. The lowest BCUT2D eigenvalue weighted by Crippen LogP contribution is -2.52. The van der Waals surface area contributed by atoms with E-state index in [0.717, 1.165) is 0 Å². The number of hydrogen-bond acceptors (Lipinski definition) is 6. The molecule has 1 aromatic heterocycles. The Kier molecular flexibility index (Phi) is 7.39. The SMILES string of the molecule is CCOC(=O)c1c(NC(=O)[C@](F)(OC)C(F)(F)F)sc(C(=O)Nc2ccccc2)c1C. The second-order valence-corrected chi connectivity index (χ2v) is 7.07. The summed E-state index contributed by atoms with van der Waals surface area (Å²) in [4.78, 5) is 36.9. The van der Waals surface area contributed by atoms with Gasteiger partial charge in [0.15, 0.2) is 0 Å². The van der Waals surface area contributed by atoms with Crippen molar-refractivity contribution in [1.82, 2.24) is 0 Å². The highest BCUT2D eigenvalue weighted by Gasteiger charge is 2.63. The van der Waals surface area contributed by atoms with Crippen LogP contribution in [0.5, 0.6) is 0 Å². The van der Waals surface area contributed by atoms with Crippen molar-refractivity contribution < 1.29 is 41.4 Å². The second-order valence-electron chi connectivity index (χ2n) is 6.05. The first-order valence-corrected chi connectivity index (χ1v) is 9.57. The van der Waals surface area contributed by atoms with Crippen molar-refractivity contribution in [2.24, 2.45) is 0 Å². The topological polar surface area (TPSA) is 93.7 Å². The number of alkyl halides is 4. The second kappa shape index (κ2) is 9.43. The van der Waals surface area contributed by atoms with Gasteiger partial charge in [0, 0.05) is 12.8 Å². The smallest absolute Gasteiger partial charge is 0.458 e. The van der Waals surface area contributed by atoms with Crippen LogP contribution in [-0.4, -0.2) is 43.5 Å². The van der Waals surface area contributed by atoms with Crippen LogP contribution in [0.15, 0.2) is 30.3 Å². The number of esters is 1. The average molecular weight is 462 g/mol. The van der Waals surface area contributed by atoms with E-state index in [-0.39, 0.29) is 22.6 Å². The molecule has 0 unspecified atom stereocenters. The summed E-state index contributed by atoms with van der Waals surface area (Å²) in [5.74, 6) is -8.55. The van der Waals surface area contributed by atoms with Crippen molar-refractivity contribution in [1.29, 1.82) is 0 Å². The number of benzene rings is 1. The first-order valence-electron chi connectivity index (χ1n) is 8.75. The summed E-state index contributed by atoms with van der Waals surface area (Å²) in [6.07, 6.45) is -5.68. The zero-order valence-electron chi connectivity index (χ0n) is 16.6. The summed E-state index contributed by atoms with van der Waals surface area (Å²) in [7, 11) is 0.373. The van der Waals surface area contributed by atoms with E-state index in [9.17, 15) is 31.9 Å². The van der Waals surface area contributed by atoms with Crippen LogP contribution in [0.2, 0.25) is 0 Å². The molecule has 0 spiro atoms. The number of methoxy groups -OCH3 is 1. The van der Waals surface area contributed by atoms with Gasteiger partial charge in [0.25, 0.3) is 5.91 Å². The number of nitrogens with one attached hydrogen (secondary N) is 2. The van der Waals surface area contributed by atoms with Crippen molar-refractivity contribution in [2.75, 3.05) is 24.4 Å². The summed E-state index contributed by atoms with van der Waals surface area (Å²) in [5, 5.41) is 3.78. The number of carbonyl (C=O) groups is 3. The molecule has 12 heteroatoms. The Morgan fingerprint density at radius 1 is 1.06 bits per heavy atom. The van der Waals surface area contributed by atoms with E-state index in [1.165, 1.54) is 13.8 Å². The fourth-order valence-electron chi connectivity index (χ4n) is 2.50. The molecule has 7 nitrogen and oxygen atoms in total. The number of halogens is 4. The highest BCUT2D eigenvalue weighted by molar-refractivity contribution is 7.19.